The van der Waals surface area contributed by atoms with Gasteiger partial charge in [-0.3, -0.25) is 0 Å². The molecule has 0 saturated carbocycles. The largest absolute Gasteiger partial charge is 0.445 e. The lowest BCUT2D eigenvalue weighted by Gasteiger charge is -1.89. The minimum Gasteiger partial charge on any atom is -0.445 e. The van der Waals surface area contributed by atoms with Gasteiger partial charge in [-0.25, -0.2) is 0 Å². The standard InChI is InChI=1S/C10H6ClNO/c1-6-8-4-7(11)2-3-9(8)13-10(6)5-12/h2-4H,1H3. The Hall–Kier alpha value is -1.46. The van der Waals surface area contributed by atoms with Gasteiger partial charge in [0, 0.05) is 16.0 Å². The summed E-state index contributed by atoms with van der Waals surface area (Å²) in [6.07, 6.45) is 0. The summed E-state index contributed by atoms with van der Waals surface area (Å²) in [6.45, 7) is 1.85. The summed E-state index contributed by atoms with van der Waals surface area (Å²) in [5, 5.41) is 10.3. The van der Waals surface area contributed by atoms with Gasteiger partial charge in [-0.1, -0.05) is 11.6 Å². The number of benzene rings is 1. The molecule has 64 valence electrons. The Labute approximate surface area is 80.3 Å². The second-order valence-corrected chi connectivity index (χ2v) is 3.24. The third-order valence-electron chi connectivity index (χ3n) is 2.00. The third kappa shape index (κ3) is 1.18. The van der Waals surface area contributed by atoms with Crippen LogP contribution in [-0.4, -0.2) is 0 Å². The van der Waals surface area contributed by atoms with E-state index >= 15 is 0 Å². The number of nitriles is 1. The number of hydrogen-bond donors (Lipinski definition) is 0. The van der Waals surface area contributed by atoms with Gasteiger partial charge in [-0.15, -0.1) is 0 Å². The van der Waals surface area contributed by atoms with Crippen molar-refractivity contribution < 1.29 is 4.42 Å². The zero-order valence-electron chi connectivity index (χ0n) is 6.97. The summed E-state index contributed by atoms with van der Waals surface area (Å²) in [5.74, 6) is 0.359. The maximum atomic E-state index is 8.71. The van der Waals surface area contributed by atoms with Crippen molar-refractivity contribution in [2.24, 2.45) is 0 Å². The Kier molecular flexibility index (Phi) is 1.75. The highest BCUT2D eigenvalue weighted by Gasteiger charge is 2.09. The van der Waals surface area contributed by atoms with Crippen LogP contribution in [0.1, 0.15) is 11.3 Å². The van der Waals surface area contributed by atoms with Crippen molar-refractivity contribution in [2.75, 3.05) is 0 Å². The molecule has 0 N–H and O–H groups in total. The summed E-state index contributed by atoms with van der Waals surface area (Å²) in [6, 6.07) is 7.31. The molecule has 0 spiro atoms. The van der Waals surface area contributed by atoms with E-state index in [0.717, 1.165) is 10.9 Å². The highest BCUT2D eigenvalue weighted by molar-refractivity contribution is 6.31. The van der Waals surface area contributed by atoms with Crippen molar-refractivity contribution in [1.82, 2.24) is 0 Å². The Morgan fingerprint density at radius 3 is 2.92 bits per heavy atom. The maximum Gasteiger partial charge on any atom is 0.207 e. The molecule has 0 aliphatic carbocycles. The lowest BCUT2D eigenvalue weighted by atomic mass is 10.1. The molecule has 1 aromatic carbocycles. The number of hydrogen-bond acceptors (Lipinski definition) is 2. The van der Waals surface area contributed by atoms with Crippen LogP contribution in [0.3, 0.4) is 0 Å². The van der Waals surface area contributed by atoms with Crippen LogP contribution in [0.25, 0.3) is 11.0 Å². The smallest absolute Gasteiger partial charge is 0.207 e. The Bertz CT molecular complexity index is 507. The average molecular weight is 192 g/mol. The van der Waals surface area contributed by atoms with Crippen LogP contribution in [0, 0.1) is 18.3 Å². The van der Waals surface area contributed by atoms with E-state index in [-0.39, 0.29) is 0 Å². The molecule has 0 amide bonds. The van der Waals surface area contributed by atoms with Crippen LogP contribution < -0.4 is 0 Å². The molecule has 1 aromatic heterocycles. The minimum absolute atomic E-state index is 0.359. The van der Waals surface area contributed by atoms with Gasteiger partial charge in [0.2, 0.25) is 5.76 Å². The predicted octanol–water partition coefficient (Wildman–Crippen LogP) is 3.27. The van der Waals surface area contributed by atoms with Crippen LogP contribution in [0.4, 0.5) is 0 Å². The second-order valence-electron chi connectivity index (χ2n) is 2.81. The summed E-state index contributed by atoms with van der Waals surface area (Å²) in [4.78, 5) is 0. The van der Waals surface area contributed by atoms with E-state index in [1.165, 1.54) is 0 Å². The summed E-state index contributed by atoms with van der Waals surface area (Å²) in [5.41, 5.74) is 1.55. The van der Waals surface area contributed by atoms with E-state index in [1.807, 2.05) is 13.0 Å². The van der Waals surface area contributed by atoms with E-state index in [0.29, 0.717) is 16.4 Å². The van der Waals surface area contributed by atoms with Gasteiger partial charge in [0.15, 0.2) is 0 Å². The number of aryl methyl sites for hydroxylation is 1. The molecule has 1 heterocycles. The number of rotatable bonds is 0. The fraction of sp³-hybridized carbons (Fsp3) is 0.100. The quantitative estimate of drug-likeness (QED) is 0.641. The SMILES string of the molecule is Cc1c(C#N)oc2ccc(Cl)cc12. The Morgan fingerprint density at radius 2 is 2.23 bits per heavy atom. The molecule has 2 aromatic rings. The van der Waals surface area contributed by atoms with Gasteiger partial charge in [0.25, 0.3) is 0 Å². The number of nitrogens with zero attached hydrogens (tertiary/aromatic N) is 1. The molecular weight excluding hydrogens is 186 g/mol. The molecule has 0 aliphatic heterocycles. The molecular formula is C10H6ClNO. The van der Waals surface area contributed by atoms with Crippen LogP contribution >= 0.6 is 11.6 Å². The molecule has 2 nitrogen and oxygen atoms in total. The van der Waals surface area contributed by atoms with Crippen molar-refractivity contribution in [3.8, 4) is 6.07 Å². The molecule has 0 saturated heterocycles. The highest BCUT2D eigenvalue weighted by Crippen LogP contribution is 2.27. The minimum atomic E-state index is 0.359. The van der Waals surface area contributed by atoms with Crippen LogP contribution in [0.2, 0.25) is 5.02 Å². The lowest BCUT2D eigenvalue weighted by Crippen LogP contribution is -1.71. The molecule has 0 bridgehead atoms. The van der Waals surface area contributed by atoms with Crippen molar-refractivity contribution in [3.63, 3.8) is 0 Å². The molecule has 0 atom stereocenters. The van der Waals surface area contributed by atoms with E-state index in [2.05, 4.69) is 0 Å². The first kappa shape index (κ1) is 8.15. The first-order valence-corrected chi connectivity index (χ1v) is 4.19. The number of furan rings is 1. The molecule has 0 fully saturated rings. The van der Waals surface area contributed by atoms with Crippen molar-refractivity contribution in [2.45, 2.75) is 6.92 Å². The summed E-state index contributed by atoms with van der Waals surface area (Å²) < 4.78 is 5.28. The van der Waals surface area contributed by atoms with E-state index < -0.39 is 0 Å². The molecule has 0 radical (unpaired) electrons. The van der Waals surface area contributed by atoms with Crippen molar-refractivity contribution in [3.05, 3.63) is 34.5 Å². The van der Waals surface area contributed by atoms with E-state index in [1.54, 1.807) is 18.2 Å². The third-order valence-corrected chi connectivity index (χ3v) is 2.23. The van der Waals surface area contributed by atoms with Gasteiger partial charge in [-0.2, -0.15) is 5.26 Å². The highest BCUT2D eigenvalue weighted by atomic mass is 35.5. The molecule has 2 rings (SSSR count). The topological polar surface area (TPSA) is 36.9 Å². The van der Waals surface area contributed by atoms with E-state index in [4.69, 9.17) is 21.3 Å². The van der Waals surface area contributed by atoms with Gasteiger partial charge in [0.1, 0.15) is 11.7 Å². The lowest BCUT2D eigenvalue weighted by molar-refractivity contribution is 0.596. The summed E-state index contributed by atoms with van der Waals surface area (Å²) >= 11 is 5.82. The van der Waals surface area contributed by atoms with Gasteiger partial charge in [-0.05, 0) is 25.1 Å². The molecule has 13 heavy (non-hydrogen) atoms. The van der Waals surface area contributed by atoms with Gasteiger partial charge in [0.05, 0.1) is 0 Å². The zero-order chi connectivity index (χ0) is 9.42. The predicted molar refractivity (Wildman–Crippen MR) is 50.7 cm³/mol. The van der Waals surface area contributed by atoms with Crippen molar-refractivity contribution in [1.29, 1.82) is 5.26 Å². The maximum absolute atomic E-state index is 8.71. The number of halogens is 1. The van der Waals surface area contributed by atoms with Gasteiger partial charge >= 0.3 is 0 Å². The van der Waals surface area contributed by atoms with Crippen LogP contribution in [-0.2, 0) is 0 Å². The Balaban J connectivity index is 2.87. The Morgan fingerprint density at radius 1 is 1.46 bits per heavy atom. The van der Waals surface area contributed by atoms with Crippen molar-refractivity contribution >= 4 is 22.6 Å². The summed E-state index contributed by atoms with van der Waals surface area (Å²) in [7, 11) is 0. The normalized spacial score (nSPS) is 10.2. The van der Waals surface area contributed by atoms with Gasteiger partial charge < -0.3 is 4.42 Å². The zero-order valence-corrected chi connectivity index (χ0v) is 7.72. The first-order valence-electron chi connectivity index (χ1n) is 3.81. The first-order chi connectivity index (χ1) is 6.22. The monoisotopic (exact) mass is 191 g/mol. The molecule has 3 heteroatoms. The average Bonchev–Trinajstić information content (AvgIpc) is 2.44. The molecule has 0 aliphatic rings. The fourth-order valence-corrected chi connectivity index (χ4v) is 1.47. The second kappa shape index (κ2) is 2.79. The number of fused-ring (bicyclic) bond motifs is 1. The van der Waals surface area contributed by atoms with Crippen LogP contribution in [0.15, 0.2) is 22.6 Å². The van der Waals surface area contributed by atoms with E-state index in [9.17, 15) is 0 Å². The fourth-order valence-electron chi connectivity index (χ4n) is 1.30. The van der Waals surface area contributed by atoms with Crippen LogP contribution in [0.5, 0.6) is 0 Å². The molecule has 0 unspecified atom stereocenters.